The number of amides is 1. The summed E-state index contributed by atoms with van der Waals surface area (Å²) in [6, 6.07) is 11.5. The van der Waals surface area contributed by atoms with Crippen LogP contribution in [0.1, 0.15) is 42.1 Å². The predicted octanol–water partition coefficient (Wildman–Crippen LogP) is 4.90. The number of halogens is 2. The number of hydrogen-bond donors (Lipinski definition) is 1. The van der Waals surface area contributed by atoms with E-state index in [0.29, 0.717) is 10.2 Å². The standard InChI is InChI=1S/C19H19BrFNO3/c1-3-12(2)14-6-4-5-7-17(14)22-18(23)11-25-19(24)15-9-8-13(20)10-16(15)21/h4-10,12H,3,11H2,1-2H3,(H,22,23)/t12-/m0/s1. The van der Waals surface area contributed by atoms with Gasteiger partial charge in [-0.3, -0.25) is 4.79 Å². The molecule has 4 nitrogen and oxygen atoms in total. The molecule has 0 aliphatic heterocycles. The Labute approximate surface area is 154 Å². The van der Waals surface area contributed by atoms with Crippen LogP contribution in [-0.2, 0) is 9.53 Å². The van der Waals surface area contributed by atoms with Gasteiger partial charge in [-0.15, -0.1) is 0 Å². The lowest BCUT2D eigenvalue weighted by Gasteiger charge is -2.15. The minimum atomic E-state index is -0.879. The Hall–Kier alpha value is -2.21. The maximum atomic E-state index is 13.7. The molecule has 2 aromatic rings. The first kappa shape index (κ1) is 19.1. The number of rotatable bonds is 6. The van der Waals surface area contributed by atoms with E-state index in [9.17, 15) is 14.0 Å². The molecule has 0 saturated heterocycles. The summed E-state index contributed by atoms with van der Waals surface area (Å²) in [5, 5.41) is 2.74. The zero-order valence-corrected chi connectivity index (χ0v) is 15.6. The van der Waals surface area contributed by atoms with E-state index in [1.54, 1.807) is 6.07 Å². The van der Waals surface area contributed by atoms with Crippen LogP contribution in [0.25, 0.3) is 0 Å². The first-order chi connectivity index (χ1) is 11.9. The molecule has 0 fully saturated rings. The Balaban J connectivity index is 1.98. The van der Waals surface area contributed by atoms with E-state index in [0.717, 1.165) is 12.0 Å². The van der Waals surface area contributed by atoms with Gasteiger partial charge < -0.3 is 10.1 Å². The molecule has 1 atom stereocenters. The second kappa shape index (κ2) is 8.76. The minimum Gasteiger partial charge on any atom is -0.452 e. The third kappa shape index (κ3) is 5.13. The van der Waals surface area contributed by atoms with Gasteiger partial charge in [0.25, 0.3) is 5.91 Å². The Kier molecular flexibility index (Phi) is 6.70. The molecule has 2 rings (SSSR count). The molecule has 0 aromatic heterocycles. The quantitative estimate of drug-likeness (QED) is 0.692. The summed E-state index contributed by atoms with van der Waals surface area (Å²) >= 11 is 3.11. The molecule has 1 N–H and O–H groups in total. The van der Waals surface area contributed by atoms with Gasteiger partial charge in [-0.2, -0.15) is 0 Å². The Morgan fingerprint density at radius 3 is 2.64 bits per heavy atom. The summed E-state index contributed by atoms with van der Waals surface area (Å²) < 4.78 is 19.1. The maximum absolute atomic E-state index is 13.7. The highest BCUT2D eigenvalue weighted by Crippen LogP contribution is 2.26. The largest absolute Gasteiger partial charge is 0.452 e. The van der Waals surface area contributed by atoms with Gasteiger partial charge in [-0.05, 0) is 42.2 Å². The molecule has 0 heterocycles. The molecular weight excluding hydrogens is 389 g/mol. The average Bonchev–Trinajstić information content (AvgIpc) is 2.59. The fourth-order valence-corrected chi connectivity index (χ4v) is 2.64. The van der Waals surface area contributed by atoms with Crippen LogP contribution < -0.4 is 5.32 Å². The van der Waals surface area contributed by atoms with Crippen molar-refractivity contribution in [1.82, 2.24) is 0 Å². The monoisotopic (exact) mass is 407 g/mol. The first-order valence-corrected chi connectivity index (χ1v) is 8.72. The second-order valence-electron chi connectivity index (χ2n) is 5.65. The average molecular weight is 408 g/mol. The fraction of sp³-hybridized carbons (Fsp3) is 0.263. The van der Waals surface area contributed by atoms with Gasteiger partial charge in [-0.25, -0.2) is 9.18 Å². The Morgan fingerprint density at radius 1 is 1.24 bits per heavy atom. The van der Waals surface area contributed by atoms with Crippen molar-refractivity contribution in [2.24, 2.45) is 0 Å². The molecule has 0 unspecified atom stereocenters. The molecule has 0 aliphatic rings. The summed E-state index contributed by atoms with van der Waals surface area (Å²) in [7, 11) is 0. The van der Waals surface area contributed by atoms with E-state index >= 15 is 0 Å². The van der Waals surface area contributed by atoms with Gasteiger partial charge in [0.15, 0.2) is 6.61 Å². The molecule has 0 radical (unpaired) electrons. The molecule has 2 aromatic carbocycles. The predicted molar refractivity (Wildman–Crippen MR) is 98.2 cm³/mol. The van der Waals surface area contributed by atoms with Crippen LogP contribution in [0.5, 0.6) is 0 Å². The van der Waals surface area contributed by atoms with Crippen molar-refractivity contribution < 1.29 is 18.7 Å². The third-order valence-corrected chi connectivity index (χ3v) is 4.36. The fourth-order valence-electron chi connectivity index (χ4n) is 2.31. The Bertz CT molecular complexity index is 779. The molecule has 132 valence electrons. The van der Waals surface area contributed by atoms with E-state index in [2.05, 4.69) is 35.1 Å². The van der Waals surface area contributed by atoms with Crippen LogP contribution in [0, 0.1) is 5.82 Å². The highest BCUT2D eigenvalue weighted by molar-refractivity contribution is 9.10. The zero-order chi connectivity index (χ0) is 18.4. The van der Waals surface area contributed by atoms with Gasteiger partial charge in [0.1, 0.15) is 5.82 Å². The van der Waals surface area contributed by atoms with Crippen LogP contribution in [0.4, 0.5) is 10.1 Å². The molecule has 0 aliphatic carbocycles. The minimum absolute atomic E-state index is 0.212. The number of hydrogen-bond acceptors (Lipinski definition) is 3. The summed E-state index contributed by atoms with van der Waals surface area (Å²) in [6.45, 7) is 3.66. The number of nitrogens with one attached hydrogen (secondary N) is 1. The van der Waals surface area contributed by atoms with Crippen LogP contribution in [0.2, 0.25) is 0 Å². The van der Waals surface area contributed by atoms with Crippen LogP contribution in [0.15, 0.2) is 46.9 Å². The van der Waals surface area contributed by atoms with Crippen LogP contribution in [0.3, 0.4) is 0 Å². The first-order valence-electron chi connectivity index (χ1n) is 7.93. The van der Waals surface area contributed by atoms with E-state index < -0.39 is 24.3 Å². The number of para-hydroxylation sites is 1. The maximum Gasteiger partial charge on any atom is 0.341 e. The molecule has 25 heavy (non-hydrogen) atoms. The molecule has 0 spiro atoms. The van der Waals surface area contributed by atoms with Crippen molar-refractivity contribution in [3.05, 3.63) is 63.9 Å². The highest BCUT2D eigenvalue weighted by Gasteiger charge is 2.16. The van der Waals surface area contributed by atoms with Crippen molar-refractivity contribution in [3.63, 3.8) is 0 Å². The van der Waals surface area contributed by atoms with Gasteiger partial charge >= 0.3 is 5.97 Å². The van der Waals surface area contributed by atoms with E-state index in [4.69, 9.17) is 4.74 Å². The third-order valence-electron chi connectivity index (χ3n) is 3.86. The van der Waals surface area contributed by atoms with Crippen molar-refractivity contribution in [2.75, 3.05) is 11.9 Å². The zero-order valence-electron chi connectivity index (χ0n) is 14.0. The number of ether oxygens (including phenoxy) is 1. The Morgan fingerprint density at radius 2 is 1.96 bits per heavy atom. The summed E-state index contributed by atoms with van der Waals surface area (Å²) in [5.74, 6) is -1.77. The summed E-state index contributed by atoms with van der Waals surface area (Å²) in [5.41, 5.74) is 1.49. The lowest BCUT2D eigenvalue weighted by atomic mass is 9.97. The molecule has 0 bridgehead atoms. The van der Waals surface area contributed by atoms with E-state index in [1.165, 1.54) is 18.2 Å². The molecule has 0 saturated carbocycles. The van der Waals surface area contributed by atoms with Crippen molar-refractivity contribution in [3.8, 4) is 0 Å². The number of carbonyl (C=O) groups excluding carboxylic acids is 2. The number of benzene rings is 2. The number of anilines is 1. The SMILES string of the molecule is CC[C@H](C)c1ccccc1NC(=O)COC(=O)c1ccc(Br)cc1F. The van der Waals surface area contributed by atoms with E-state index in [1.807, 2.05) is 18.2 Å². The smallest absolute Gasteiger partial charge is 0.341 e. The van der Waals surface area contributed by atoms with Gasteiger partial charge in [0.2, 0.25) is 0 Å². The van der Waals surface area contributed by atoms with Crippen molar-refractivity contribution in [2.45, 2.75) is 26.2 Å². The van der Waals surface area contributed by atoms with E-state index in [-0.39, 0.29) is 11.5 Å². The molecule has 6 heteroatoms. The van der Waals surface area contributed by atoms with Crippen molar-refractivity contribution >= 4 is 33.5 Å². The normalized spacial score (nSPS) is 11.7. The summed E-state index contributed by atoms with van der Waals surface area (Å²) in [6.07, 6.45) is 0.935. The summed E-state index contributed by atoms with van der Waals surface area (Å²) in [4.78, 5) is 24.0. The van der Waals surface area contributed by atoms with Crippen LogP contribution in [-0.4, -0.2) is 18.5 Å². The topological polar surface area (TPSA) is 55.4 Å². The highest BCUT2D eigenvalue weighted by atomic mass is 79.9. The van der Waals surface area contributed by atoms with Crippen molar-refractivity contribution in [1.29, 1.82) is 0 Å². The van der Waals surface area contributed by atoms with Gasteiger partial charge in [0.05, 0.1) is 5.56 Å². The number of esters is 1. The molecular formula is C19H19BrFNO3. The molecule has 1 amide bonds. The van der Waals surface area contributed by atoms with Gasteiger partial charge in [0, 0.05) is 10.2 Å². The lowest BCUT2D eigenvalue weighted by Crippen LogP contribution is -2.22. The number of carbonyl (C=O) groups is 2. The lowest BCUT2D eigenvalue weighted by molar-refractivity contribution is -0.119. The second-order valence-corrected chi connectivity index (χ2v) is 6.56. The van der Waals surface area contributed by atoms with Crippen LogP contribution >= 0.6 is 15.9 Å². The van der Waals surface area contributed by atoms with Gasteiger partial charge in [-0.1, -0.05) is 48.0 Å².